The van der Waals surface area contributed by atoms with Crippen LogP contribution in [0.1, 0.15) is 22.6 Å². The number of nitrogens with one attached hydrogen (secondary N) is 1. The van der Waals surface area contributed by atoms with Crippen LogP contribution in [0, 0.1) is 27.2 Å². The Bertz CT molecular complexity index is 1140. The van der Waals surface area contributed by atoms with Gasteiger partial charge in [-0.25, -0.2) is 9.78 Å². The van der Waals surface area contributed by atoms with Gasteiger partial charge in [0.2, 0.25) is 0 Å². The van der Waals surface area contributed by atoms with E-state index in [1.54, 1.807) is 0 Å². The minimum absolute atomic E-state index is 0.107. The van der Waals surface area contributed by atoms with E-state index in [9.17, 15) is 25.0 Å². The third-order valence-electron chi connectivity index (χ3n) is 4.62. The number of nitrogens with zero attached hydrogens (tertiary/aromatic N) is 4. The summed E-state index contributed by atoms with van der Waals surface area (Å²) in [7, 11) is 1.10. The molecule has 3 aromatic rings. The Morgan fingerprint density at radius 3 is 2.60 bits per heavy atom. The number of carbonyl (C=O) groups excluding carboxylic acids is 1. The van der Waals surface area contributed by atoms with Crippen molar-refractivity contribution in [2.45, 2.75) is 19.9 Å². The molecular weight excluding hydrogens is 394 g/mol. The average Bonchev–Trinajstić information content (AvgIpc) is 3.05. The Morgan fingerprint density at radius 1 is 1.20 bits per heavy atom. The molecule has 0 fully saturated rings. The van der Waals surface area contributed by atoms with Gasteiger partial charge in [0, 0.05) is 19.2 Å². The Balaban J connectivity index is 1.83. The minimum atomic E-state index is -0.902. The summed E-state index contributed by atoms with van der Waals surface area (Å²) in [5.74, 6) is -0.0616. The molecule has 3 rings (SSSR count). The molecule has 0 aliphatic heterocycles. The number of fused-ring (bicyclic) bond motifs is 1. The molecule has 1 aromatic heterocycles. The van der Waals surface area contributed by atoms with Crippen molar-refractivity contribution in [1.82, 2.24) is 9.55 Å². The van der Waals surface area contributed by atoms with Crippen molar-refractivity contribution in [3.8, 4) is 0 Å². The standard InChI is InChI=1S/C19H19N5O6/c1-12-21-15-6-3-4-7-16(15)22(12)9-5-8-20-18-14(19(25)30-2)10-13(23(26)27)11-17(18)24(28)29/h3-4,6-7,10-11,20H,5,8-9H2,1-2H3. The molecule has 1 N–H and O–H groups in total. The smallest absolute Gasteiger partial charge is 0.340 e. The van der Waals surface area contributed by atoms with E-state index in [0.717, 1.165) is 36.1 Å². The van der Waals surface area contributed by atoms with E-state index in [2.05, 4.69) is 15.0 Å². The summed E-state index contributed by atoms with van der Waals surface area (Å²) in [5.41, 5.74) is 0.364. The Labute approximate surface area is 170 Å². The summed E-state index contributed by atoms with van der Waals surface area (Å²) >= 11 is 0. The van der Waals surface area contributed by atoms with E-state index >= 15 is 0 Å². The number of carbonyl (C=O) groups is 1. The zero-order valence-corrected chi connectivity index (χ0v) is 16.3. The van der Waals surface area contributed by atoms with Crippen LogP contribution < -0.4 is 5.32 Å². The first-order valence-electron chi connectivity index (χ1n) is 9.04. The van der Waals surface area contributed by atoms with Crippen LogP contribution in [0.15, 0.2) is 36.4 Å². The van der Waals surface area contributed by atoms with Crippen molar-refractivity contribution in [3.05, 3.63) is 68.0 Å². The number of imidazole rings is 1. The molecule has 0 saturated heterocycles. The second-order valence-electron chi connectivity index (χ2n) is 6.47. The van der Waals surface area contributed by atoms with Gasteiger partial charge in [-0.15, -0.1) is 0 Å². The van der Waals surface area contributed by atoms with Gasteiger partial charge in [0.05, 0.1) is 39.6 Å². The number of hydrogen-bond acceptors (Lipinski definition) is 8. The summed E-state index contributed by atoms with van der Waals surface area (Å²) in [4.78, 5) is 37.5. The van der Waals surface area contributed by atoms with Crippen molar-refractivity contribution in [2.24, 2.45) is 0 Å². The van der Waals surface area contributed by atoms with Crippen LogP contribution in [-0.2, 0) is 11.3 Å². The zero-order valence-electron chi connectivity index (χ0n) is 16.3. The molecular formula is C19H19N5O6. The van der Waals surface area contributed by atoms with Gasteiger partial charge in [-0.2, -0.15) is 0 Å². The lowest BCUT2D eigenvalue weighted by Gasteiger charge is -2.12. The fourth-order valence-electron chi connectivity index (χ4n) is 3.25. The number of nitro benzene ring substituents is 2. The van der Waals surface area contributed by atoms with Crippen molar-refractivity contribution >= 4 is 34.1 Å². The molecule has 0 unspecified atom stereocenters. The number of aromatic nitrogens is 2. The number of benzene rings is 2. The van der Waals surface area contributed by atoms with Crippen LogP contribution in [0.25, 0.3) is 11.0 Å². The summed E-state index contributed by atoms with van der Waals surface area (Å²) in [6, 6.07) is 9.49. The lowest BCUT2D eigenvalue weighted by molar-refractivity contribution is -0.393. The zero-order chi connectivity index (χ0) is 21.8. The molecule has 0 saturated carbocycles. The van der Waals surface area contributed by atoms with Crippen molar-refractivity contribution in [1.29, 1.82) is 0 Å². The molecule has 0 aliphatic carbocycles. The van der Waals surface area contributed by atoms with Crippen LogP contribution in [0.3, 0.4) is 0 Å². The molecule has 11 nitrogen and oxygen atoms in total. The van der Waals surface area contributed by atoms with Crippen LogP contribution >= 0.6 is 0 Å². The molecule has 0 radical (unpaired) electrons. The maximum Gasteiger partial charge on any atom is 0.340 e. The van der Waals surface area contributed by atoms with Gasteiger partial charge in [0.25, 0.3) is 11.4 Å². The number of rotatable bonds is 8. The van der Waals surface area contributed by atoms with Crippen LogP contribution in [0.4, 0.5) is 17.1 Å². The number of non-ortho nitro benzene ring substituents is 1. The number of ether oxygens (including phenoxy) is 1. The minimum Gasteiger partial charge on any atom is -0.465 e. The first-order chi connectivity index (χ1) is 14.3. The second kappa shape index (κ2) is 8.55. The highest BCUT2D eigenvalue weighted by Gasteiger charge is 2.27. The van der Waals surface area contributed by atoms with Crippen LogP contribution in [0.5, 0.6) is 0 Å². The summed E-state index contributed by atoms with van der Waals surface area (Å²) in [5, 5.41) is 25.4. The molecule has 0 atom stereocenters. The summed E-state index contributed by atoms with van der Waals surface area (Å²) < 4.78 is 6.67. The lowest BCUT2D eigenvalue weighted by Crippen LogP contribution is -2.14. The Kier molecular flexibility index (Phi) is 5.90. The highest BCUT2D eigenvalue weighted by atomic mass is 16.6. The molecule has 0 bridgehead atoms. The molecule has 0 spiro atoms. The summed E-state index contributed by atoms with van der Waals surface area (Å²) in [6.07, 6.45) is 0.565. The van der Waals surface area contributed by atoms with Gasteiger partial charge in [-0.1, -0.05) is 12.1 Å². The molecule has 0 amide bonds. The third-order valence-corrected chi connectivity index (χ3v) is 4.62. The number of aryl methyl sites for hydroxylation is 2. The maximum atomic E-state index is 12.1. The SMILES string of the molecule is COC(=O)c1cc([N+](=O)[O-])cc([N+](=O)[O-])c1NCCCn1c(C)nc2ccccc21. The third kappa shape index (κ3) is 4.04. The van der Waals surface area contributed by atoms with Gasteiger partial charge >= 0.3 is 5.97 Å². The van der Waals surface area contributed by atoms with E-state index < -0.39 is 27.2 Å². The predicted octanol–water partition coefficient (Wildman–Crippen LogP) is 3.45. The Morgan fingerprint density at radius 2 is 1.93 bits per heavy atom. The second-order valence-corrected chi connectivity index (χ2v) is 6.47. The van der Waals surface area contributed by atoms with E-state index in [1.165, 1.54) is 0 Å². The van der Waals surface area contributed by atoms with E-state index in [1.807, 2.05) is 35.8 Å². The van der Waals surface area contributed by atoms with Crippen molar-refractivity contribution in [3.63, 3.8) is 0 Å². The number of esters is 1. The fourth-order valence-corrected chi connectivity index (χ4v) is 3.25. The van der Waals surface area contributed by atoms with Crippen molar-refractivity contribution < 1.29 is 19.4 Å². The van der Waals surface area contributed by atoms with E-state index in [-0.39, 0.29) is 17.8 Å². The predicted molar refractivity (Wildman–Crippen MR) is 109 cm³/mol. The number of para-hydroxylation sites is 2. The highest BCUT2D eigenvalue weighted by Crippen LogP contribution is 2.34. The molecule has 0 aliphatic rings. The monoisotopic (exact) mass is 413 g/mol. The van der Waals surface area contributed by atoms with Crippen LogP contribution in [-0.4, -0.2) is 39.0 Å². The van der Waals surface area contributed by atoms with Gasteiger partial charge in [-0.05, 0) is 25.5 Å². The number of nitro groups is 2. The highest BCUT2D eigenvalue weighted by molar-refractivity contribution is 5.99. The first kappa shape index (κ1) is 20.7. The van der Waals surface area contributed by atoms with Gasteiger partial charge in [-0.3, -0.25) is 20.2 Å². The molecule has 30 heavy (non-hydrogen) atoms. The summed E-state index contributed by atoms with van der Waals surface area (Å²) in [6.45, 7) is 2.77. The normalized spacial score (nSPS) is 10.7. The first-order valence-corrected chi connectivity index (χ1v) is 9.04. The number of methoxy groups -OCH3 is 1. The largest absolute Gasteiger partial charge is 0.465 e. The fraction of sp³-hybridized carbons (Fsp3) is 0.263. The van der Waals surface area contributed by atoms with E-state index in [0.29, 0.717) is 13.0 Å². The number of hydrogen-bond donors (Lipinski definition) is 1. The maximum absolute atomic E-state index is 12.1. The number of anilines is 1. The quantitative estimate of drug-likeness (QED) is 0.256. The van der Waals surface area contributed by atoms with Crippen molar-refractivity contribution in [2.75, 3.05) is 19.0 Å². The Hall–Kier alpha value is -4.02. The molecule has 1 heterocycles. The topological polar surface area (TPSA) is 142 Å². The van der Waals surface area contributed by atoms with Gasteiger partial charge in [0.1, 0.15) is 11.5 Å². The van der Waals surface area contributed by atoms with Gasteiger partial charge < -0.3 is 14.6 Å². The molecule has 11 heteroatoms. The molecule has 156 valence electrons. The van der Waals surface area contributed by atoms with Crippen LogP contribution in [0.2, 0.25) is 0 Å². The lowest BCUT2D eigenvalue weighted by atomic mass is 10.1. The van der Waals surface area contributed by atoms with E-state index in [4.69, 9.17) is 0 Å². The average molecular weight is 413 g/mol. The molecule has 2 aromatic carbocycles. The van der Waals surface area contributed by atoms with Gasteiger partial charge in [0.15, 0.2) is 0 Å².